The van der Waals surface area contributed by atoms with Gasteiger partial charge in [-0.25, -0.2) is 4.98 Å². The molecule has 0 saturated heterocycles. The van der Waals surface area contributed by atoms with E-state index in [1.807, 2.05) is 91.2 Å². The Morgan fingerprint density at radius 3 is 2.47 bits per heavy atom. The smallest absolute Gasteiger partial charge is 0.148 e. The maximum Gasteiger partial charge on any atom is 0.148 e. The first-order valence-electron chi connectivity index (χ1n) is 10.1. The number of nitrogens with zero attached hydrogens (tertiary/aromatic N) is 2. The first kappa shape index (κ1) is 20.0. The molecular weight excluding hydrogens is 376 g/mol. The van der Waals surface area contributed by atoms with Gasteiger partial charge in [0.05, 0.1) is 17.6 Å². The van der Waals surface area contributed by atoms with Crippen molar-refractivity contribution < 1.29 is 14.6 Å². The fourth-order valence-corrected chi connectivity index (χ4v) is 3.38. The minimum atomic E-state index is -0.679. The lowest BCUT2D eigenvalue weighted by molar-refractivity contribution is 0.0917. The van der Waals surface area contributed by atoms with Crippen LogP contribution in [0.1, 0.15) is 17.0 Å². The summed E-state index contributed by atoms with van der Waals surface area (Å²) in [5.74, 6) is 2.32. The molecule has 1 heterocycles. The third-order valence-electron chi connectivity index (χ3n) is 4.95. The van der Waals surface area contributed by atoms with Crippen molar-refractivity contribution in [3.05, 3.63) is 89.7 Å². The first-order valence-corrected chi connectivity index (χ1v) is 10.1. The van der Waals surface area contributed by atoms with Crippen molar-refractivity contribution in [1.82, 2.24) is 9.55 Å². The number of rotatable bonds is 8. The van der Waals surface area contributed by atoms with Gasteiger partial charge in [-0.3, -0.25) is 0 Å². The SMILES string of the molecule is Cc1ccc(OC[C@H](O)Cn2c(COc3cccc(C)c3)nc3ccccc32)cc1. The average Bonchev–Trinajstić information content (AvgIpc) is 3.09. The summed E-state index contributed by atoms with van der Waals surface area (Å²) in [6, 6.07) is 23.7. The van der Waals surface area contributed by atoms with Crippen LogP contribution in [0.15, 0.2) is 72.8 Å². The molecule has 0 bridgehead atoms. The van der Waals surface area contributed by atoms with Gasteiger partial charge in [-0.2, -0.15) is 0 Å². The summed E-state index contributed by atoms with van der Waals surface area (Å²) in [6.45, 7) is 4.96. The van der Waals surface area contributed by atoms with Crippen LogP contribution in [0.4, 0.5) is 0 Å². The molecular formula is C25H26N2O3. The van der Waals surface area contributed by atoms with Gasteiger partial charge in [0.1, 0.15) is 36.6 Å². The molecule has 0 fully saturated rings. The monoisotopic (exact) mass is 402 g/mol. The number of hydrogen-bond donors (Lipinski definition) is 1. The van der Waals surface area contributed by atoms with Crippen LogP contribution in [-0.4, -0.2) is 27.4 Å². The normalized spacial score (nSPS) is 12.1. The Balaban J connectivity index is 1.48. The van der Waals surface area contributed by atoms with E-state index in [9.17, 15) is 5.11 Å². The first-order chi connectivity index (χ1) is 14.6. The van der Waals surface area contributed by atoms with E-state index in [1.165, 1.54) is 5.56 Å². The second-order valence-electron chi connectivity index (χ2n) is 7.51. The molecule has 30 heavy (non-hydrogen) atoms. The van der Waals surface area contributed by atoms with Crippen LogP contribution < -0.4 is 9.47 Å². The number of ether oxygens (including phenoxy) is 2. The number of aryl methyl sites for hydroxylation is 2. The average molecular weight is 402 g/mol. The van der Waals surface area contributed by atoms with Crippen LogP contribution in [0.5, 0.6) is 11.5 Å². The Bertz CT molecular complexity index is 1120. The fraction of sp³-hybridized carbons (Fsp3) is 0.240. The van der Waals surface area contributed by atoms with Gasteiger partial charge < -0.3 is 19.1 Å². The molecule has 0 saturated carbocycles. The number of aliphatic hydroxyl groups is 1. The zero-order valence-electron chi connectivity index (χ0n) is 17.3. The summed E-state index contributed by atoms with van der Waals surface area (Å²) in [6.07, 6.45) is -0.679. The summed E-state index contributed by atoms with van der Waals surface area (Å²) >= 11 is 0. The molecule has 0 aliphatic rings. The highest BCUT2D eigenvalue weighted by Gasteiger charge is 2.15. The molecule has 1 atom stereocenters. The van der Waals surface area contributed by atoms with E-state index in [2.05, 4.69) is 0 Å². The lowest BCUT2D eigenvalue weighted by atomic mass is 10.2. The standard InChI is InChI=1S/C25H26N2O3/c1-18-10-12-21(13-11-18)29-16-20(28)15-27-24-9-4-3-8-23(24)26-25(27)17-30-22-7-5-6-19(2)14-22/h3-14,20,28H,15-17H2,1-2H3/t20-/m1/s1. The van der Waals surface area contributed by atoms with Crippen molar-refractivity contribution in [3.63, 3.8) is 0 Å². The largest absolute Gasteiger partial charge is 0.491 e. The van der Waals surface area contributed by atoms with Crippen molar-refractivity contribution in [3.8, 4) is 11.5 Å². The lowest BCUT2D eigenvalue weighted by Crippen LogP contribution is -2.25. The van der Waals surface area contributed by atoms with Crippen LogP contribution in [-0.2, 0) is 13.2 Å². The van der Waals surface area contributed by atoms with Crippen molar-refractivity contribution in [1.29, 1.82) is 0 Å². The maximum absolute atomic E-state index is 10.6. The van der Waals surface area contributed by atoms with Gasteiger partial charge in [0.2, 0.25) is 0 Å². The molecule has 154 valence electrons. The van der Waals surface area contributed by atoms with E-state index in [0.717, 1.165) is 33.9 Å². The van der Waals surface area contributed by atoms with E-state index >= 15 is 0 Å². The minimum absolute atomic E-state index is 0.202. The highest BCUT2D eigenvalue weighted by atomic mass is 16.5. The van der Waals surface area contributed by atoms with E-state index < -0.39 is 6.10 Å². The quantitative estimate of drug-likeness (QED) is 0.465. The third kappa shape index (κ3) is 4.81. The summed E-state index contributed by atoms with van der Waals surface area (Å²) < 4.78 is 13.7. The second kappa shape index (κ2) is 9.01. The Labute approximate surface area is 176 Å². The van der Waals surface area contributed by atoms with E-state index in [0.29, 0.717) is 13.2 Å². The van der Waals surface area contributed by atoms with Gasteiger partial charge in [0.25, 0.3) is 0 Å². The predicted molar refractivity (Wildman–Crippen MR) is 118 cm³/mol. The summed E-state index contributed by atoms with van der Waals surface area (Å²) in [4.78, 5) is 4.72. The van der Waals surface area contributed by atoms with Gasteiger partial charge in [0.15, 0.2) is 0 Å². The molecule has 5 heteroatoms. The van der Waals surface area contributed by atoms with Crippen molar-refractivity contribution >= 4 is 11.0 Å². The molecule has 1 aromatic heterocycles. The molecule has 4 rings (SSSR count). The van der Waals surface area contributed by atoms with E-state index in [1.54, 1.807) is 0 Å². The number of para-hydroxylation sites is 2. The molecule has 0 aliphatic heterocycles. The van der Waals surface area contributed by atoms with Crippen molar-refractivity contribution in [2.45, 2.75) is 33.1 Å². The van der Waals surface area contributed by atoms with Gasteiger partial charge in [-0.1, -0.05) is 42.0 Å². The minimum Gasteiger partial charge on any atom is -0.491 e. The highest BCUT2D eigenvalue weighted by molar-refractivity contribution is 5.75. The predicted octanol–water partition coefficient (Wildman–Crippen LogP) is 4.67. The Hall–Kier alpha value is -3.31. The molecule has 4 aromatic rings. The van der Waals surface area contributed by atoms with Gasteiger partial charge in [-0.15, -0.1) is 0 Å². The number of hydrogen-bond acceptors (Lipinski definition) is 4. The molecule has 1 N–H and O–H groups in total. The zero-order valence-corrected chi connectivity index (χ0v) is 17.3. The maximum atomic E-state index is 10.6. The summed E-state index contributed by atoms with van der Waals surface area (Å²) in [7, 11) is 0. The van der Waals surface area contributed by atoms with Crippen LogP contribution >= 0.6 is 0 Å². The topological polar surface area (TPSA) is 56.5 Å². The molecule has 0 radical (unpaired) electrons. The van der Waals surface area contributed by atoms with E-state index in [4.69, 9.17) is 14.5 Å². The zero-order chi connectivity index (χ0) is 20.9. The van der Waals surface area contributed by atoms with Crippen LogP contribution in [0.3, 0.4) is 0 Å². The molecule has 0 amide bonds. The van der Waals surface area contributed by atoms with Gasteiger partial charge in [-0.05, 0) is 55.8 Å². The Morgan fingerprint density at radius 1 is 0.867 bits per heavy atom. The van der Waals surface area contributed by atoms with Crippen molar-refractivity contribution in [2.75, 3.05) is 6.61 Å². The molecule has 3 aromatic carbocycles. The Morgan fingerprint density at radius 2 is 1.67 bits per heavy atom. The van der Waals surface area contributed by atoms with Gasteiger partial charge >= 0.3 is 0 Å². The number of aliphatic hydroxyl groups excluding tert-OH is 1. The van der Waals surface area contributed by atoms with Crippen LogP contribution in [0.2, 0.25) is 0 Å². The Kier molecular flexibility index (Phi) is 6.00. The number of benzene rings is 3. The van der Waals surface area contributed by atoms with Gasteiger partial charge in [0, 0.05) is 0 Å². The fourth-order valence-electron chi connectivity index (χ4n) is 3.38. The molecule has 5 nitrogen and oxygen atoms in total. The molecule has 0 aliphatic carbocycles. The third-order valence-corrected chi connectivity index (χ3v) is 4.95. The lowest BCUT2D eigenvalue weighted by Gasteiger charge is -2.16. The second-order valence-corrected chi connectivity index (χ2v) is 7.51. The highest BCUT2D eigenvalue weighted by Crippen LogP contribution is 2.20. The van der Waals surface area contributed by atoms with E-state index in [-0.39, 0.29) is 6.61 Å². The van der Waals surface area contributed by atoms with Crippen LogP contribution in [0.25, 0.3) is 11.0 Å². The number of aromatic nitrogens is 2. The summed E-state index contributed by atoms with van der Waals surface area (Å²) in [5, 5.41) is 10.6. The van der Waals surface area contributed by atoms with Crippen LogP contribution in [0, 0.1) is 13.8 Å². The molecule has 0 unspecified atom stereocenters. The van der Waals surface area contributed by atoms with Crippen molar-refractivity contribution in [2.24, 2.45) is 0 Å². The number of imidazole rings is 1. The summed E-state index contributed by atoms with van der Waals surface area (Å²) in [5.41, 5.74) is 4.16. The molecule has 0 spiro atoms. The number of fused-ring (bicyclic) bond motifs is 1.